The van der Waals surface area contributed by atoms with Crippen LogP contribution in [0.2, 0.25) is 0 Å². The molecule has 0 bridgehead atoms. The van der Waals surface area contributed by atoms with Crippen molar-refractivity contribution in [2.45, 2.75) is 304 Å². The molecule has 0 aromatic carbocycles. The van der Waals surface area contributed by atoms with E-state index in [4.69, 9.17) is 14.2 Å². The Labute approximate surface area is 374 Å². The highest BCUT2D eigenvalue weighted by Gasteiger charge is 2.19. The van der Waals surface area contributed by atoms with Crippen molar-refractivity contribution >= 4 is 17.9 Å². The summed E-state index contributed by atoms with van der Waals surface area (Å²) in [5.41, 5.74) is 0. The average molecular weight is 849 g/mol. The van der Waals surface area contributed by atoms with E-state index in [0.29, 0.717) is 19.3 Å². The van der Waals surface area contributed by atoms with Crippen LogP contribution in [-0.2, 0) is 28.6 Å². The zero-order chi connectivity index (χ0) is 44.0. The Balaban J connectivity index is 4.24. The third-order valence-electron chi connectivity index (χ3n) is 12.2. The third-order valence-corrected chi connectivity index (χ3v) is 12.2. The van der Waals surface area contributed by atoms with Crippen molar-refractivity contribution in [2.75, 3.05) is 13.2 Å². The van der Waals surface area contributed by atoms with Crippen LogP contribution < -0.4 is 0 Å². The van der Waals surface area contributed by atoms with Crippen LogP contribution in [0.15, 0.2) is 0 Å². The quantitative estimate of drug-likeness (QED) is 0.0345. The number of ether oxygens (including phenoxy) is 3. The van der Waals surface area contributed by atoms with Gasteiger partial charge in [-0.15, -0.1) is 0 Å². The van der Waals surface area contributed by atoms with E-state index >= 15 is 0 Å². The van der Waals surface area contributed by atoms with E-state index in [1.54, 1.807) is 0 Å². The molecule has 0 aromatic heterocycles. The van der Waals surface area contributed by atoms with Gasteiger partial charge in [0, 0.05) is 19.3 Å². The van der Waals surface area contributed by atoms with E-state index in [2.05, 4.69) is 34.6 Å². The molecule has 1 atom stereocenters. The van der Waals surface area contributed by atoms with E-state index in [0.717, 1.165) is 69.6 Å². The van der Waals surface area contributed by atoms with E-state index in [-0.39, 0.29) is 31.1 Å². The van der Waals surface area contributed by atoms with E-state index in [1.165, 1.54) is 186 Å². The highest BCUT2D eigenvalue weighted by atomic mass is 16.6. The second kappa shape index (κ2) is 46.9. The second-order valence-electron chi connectivity index (χ2n) is 19.5. The summed E-state index contributed by atoms with van der Waals surface area (Å²) in [7, 11) is 0. The average Bonchev–Trinajstić information content (AvgIpc) is 3.22. The first-order valence-corrected chi connectivity index (χ1v) is 26.7. The maximum absolute atomic E-state index is 12.8. The fourth-order valence-electron chi connectivity index (χ4n) is 8.17. The van der Waals surface area contributed by atoms with Crippen molar-refractivity contribution in [2.24, 2.45) is 11.8 Å². The van der Waals surface area contributed by atoms with Crippen LogP contribution in [0.25, 0.3) is 0 Å². The molecule has 0 aromatic rings. The van der Waals surface area contributed by atoms with Crippen LogP contribution in [0.4, 0.5) is 0 Å². The van der Waals surface area contributed by atoms with Gasteiger partial charge < -0.3 is 14.2 Å². The minimum atomic E-state index is -0.761. The summed E-state index contributed by atoms with van der Waals surface area (Å²) in [5, 5.41) is 0. The number of carbonyl (C=O) groups is 3. The highest BCUT2D eigenvalue weighted by Crippen LogP contribution is 2.18. The Morgan fingerprint density at radius 3 is 0.817 bits per heavy atom. The standard InChI is InChI=1S/C54H104O6/c1-6-7-8-9-10-11-18-25-31-36-41-46-54(57)60-51(48-59-53(56)45-40-35-30-26-21-23-28-33-38-43-50(4)5)47-58-52(55)44-39-34-29-24-20-17-15-13-12-14-16-19-22-27-32-37-42-49(2)3/h49-51H,6-48H2,1-5H3/t51-/m1/s1. The summed E-state index contributed by atoms with van der Waals surface area (Å²) >= 11 is 0. The van der Waals surface area contributed by atoms with Crippen LogP contribution in [0.5, 0.6) is 0 Å². The van der Waals surface area contributed by atoms with Crippen molar-refractivity contribution in [3.63, 3.8) is 0 Å². The van der Waals surface area contributed by atoms with Crippen molar-refractivity contribution in [3.05, 3.63) is 0 Å². The molecule has 6 heteroatoms. The van der Waals surface area contributed by atoms with Gasteiger partial charge in [-0.1, -0.05) is 259 Å². The Hall–Kier alpha value is -1.59. The van der Waals surface area contributed by atoms with Gasteiger partial charge in [-0.25, -0.2) is 0 Å². The molecular weight excluding hydrogens is 745 g/mol. The lowest BCUT2D eigenvalue weighted by atomic mass is 10.0. The molecule has 60 heavy (non-hydrogen) atoms. The number of hydrogen-bond donors (Lipinski definition) is 0. The summed E-state index contributed by atoms with van der Waals surface area (Å²) in [5.74, 6) is 0.814. The fraction of sp³-hybridized carbons (Fsp3) is 0.944. The Morgan fingerprint density at radius 1 is 0.317 bits per heavy atom. The lowest BCUT2D eigenvalue weighted by Gasteiger charge is -2.18. The number of rotatable bonds is 48. The lowest BCUT2D eigenvalue weighted by Crippen LogP contribution is -2.30. The predicted octanol–water partition coefficient (Wildman–Crippen LogP) is 17.3. The van der Waals surface area contributed by atoms with Crippen molar-refractivity contribution in [3.8, 4) is 0 Å². The highest BCUT2D eigenvalue weighted by molar-refractivity contribution is 5.71. The summed E-state index contributed by atoms with van der Waals surface area (Å²) in [4.78, 5) is 37.9. The molecule has 0 aliphatic heterocycles. The van der Waals surface area contributed by atoms with Gasteiger partial charge in [0.2, 0.25) is 0 Å². The van der Waals surface area contributed by atoms with Crippen molar-refractivity contribution < 1.29 is 28.6 Å². The van der Waals surface area contributed by atoms with Crippen LogP contribution in [-0.4, -0.2) is 37.2 Å². The summed E-state index contributed by atoms with van der Waals surface area (Å²) in [6.45, 7) is 11.4. The topological polar surface area (TPSA) is 78.9 Å². The van der Waals surface area contributed by atoms with Crippen molar-refractivity contribution in [1.82, 2.24) is 0 Å². The summed E-state index contributed by atoms with van der Waals surface area (Å²) in [6, 6.07) is 0. The molecule has 0 heterocycles. The smallest absolute Gasteiger partial charge is 0.306 e. The molecule has 0 N–H and O–H groups in total. The zero-order valence-corrected chi connectivity index (χ0v) is 41.1. The normalized spacial score (nSPS) is 12.1. The molecule has 0 saturated carbocycles. The van der Waals surface area contributed by atoms with Gasteiger partial charge in [0.1, 0.15) is 13.2 Å². The minimum absolute atomic E-state index is 0.0635. The van der Waals surface area contributed by atoms with Crippen LogP contribution >= 0.6 is 0 Å². The molecule has 0 aliphatic rings. The monoisotopic (exact) mass is 849 g/mol. The SMILES string of the molecule is CCCCCCCCCCCCCC(=O)O[C@H](COC(=O)CCCCCCCCCCCCCCCCCCC(C)C)COC(=O)CCCCCCCCCCCC(C)C. The molecule has 0 unspecified atom stereocenters. The largest absolute Gasteiger partial charge is 0.462 e. The molecule has 0 rings (SSSR count). The minimum Gasteiger partial charge on any atom is -0.462 e. The van der Waals surface area contributed by atoms with Crippen molar-refractivity contribution in [1.29, 1.82) is 0 Å². The molecule has 0 saturated heterocycles. The van der Waals surface area contributed by atoms with Gasteiger partial charge in [0.15, 0.2) is 6.10 Å². The summed E-state index contributed by atoms with van der Waals surface area (Å²) < 4.78 is 16.8. The first kappa shape index (κ1) is 58.4. The van der Waals surface area contributed by atoms with Crippen LogP contribution in [0.3, 0.4) is 0 Å². The van der Waals surface area contributed by atoms with Crippen LogP contribution in [0.1, 0.15) is 298 Å². The van der Waals surface area contributed by atoms with E-state index < -0.39 is 6.10 Å². The molecule has 0 radical (unpaired) electrons. The Bertz CT molecular complexity index is 916. The molecule has 0 fully saturated rings. The predicted molar refractivity (Wildman–Crippen MR) is 256 cm³/mol. The number of hydrogen-bond acceptors (Lipinski definition) is 6. The molecular formula is C54H104O6. The molecule has 0 aliphatic carbocycles. The maximum Gasteiger partial charge on any atom is 0.306 e. The number of carbonyl (C=O) groups excluding carboxylic acids is 3. The molecule has 6 nitrogen and oxygen atoms in total. The third kappa shape index (κ3) is 47.5. The molecule has 0 spiro atoms. The first-order chi connectivity index (χ1) is 29.2. The number of esters is 3. The van der Waals surface area contributed by atoms with Gasteiger partial charge in [-0.2, -0.15) is 0 Å². The lowest BCUT2D eigenvalue weighted by molar-refractivity contribution is -0.167. The Kier molecular flexibility index (Phi) is 45.7. The second-order valence-corrected chi connectivity index (χ2v) is 19.5. The zero-order valence-electron chi connectivity index (χ0n) is 41.1. The van der Waals surface area contributed by atoms with E-state index in [1.807, 2.05) is 0 Å². The van der Waals surface area contributed by atoms with Gasteiger partial charge in [-0.05, 0) is 31.1 Å². The first-order valence-electron chi connectivity index (χ1n) is 26.7. The van der Waals surface area contributed by atoms with Gasteiger partial charge in [0.05, 0.1) is 0 Å². The van der Waals surface area contributed by atoms with Gasteiger partial charge in [0.25, 0.3) is 0 Å². The van der Waals surface area contributed by atoms with Crippen LogP contribution in [0, 0.1) is 11.8 Å². The van der Waals surface area contributed by atoms with Gasteiger partial charge in [-0.3, -0.25) is 14.4 Å². The molecule has 0 amide bonds. The Morgan fingerprint density at radius 2 is 0.550 bits per heavy atom. The molecule has 356 valence electrons. The fourth-order valence-corrected chi connectivity index (χ4v) is 8.17. The van der Waals surface area contributed by atoms with Gasteiger partial charge >= 0.3 is 17.9 Å². The number of unbranched alkanes of at least 4 members (excludes halogenated alkanes) is 33. The maximum atomic E-state index is 12.8. The summed E-state index contributed by atoms with van der Waals surface area (Å²) in [6.07, 6.45) is 48.1. The van der Waals surface area contributed by atoms with E-state index in [9.17, 15) is 14.4 Å².